The predicted octanol–water partition coefficient (Wildman–Crippen LogP) is 3.91. The Morgan fingerprint density at radius 3 is 2.35 bits per heavy atom. The van der Waals surface area contributed by atoms with Gasteiger partial charge in [-0.2, -0.15) is 0 Å². The van der Waals surface area contributed by atoms with Crippen LogP contribution in [0.5, 0.6) is 0 Å². The van der Waals surface area contributed by atoms with Gasteiger partial charge in [-0.25, -0.2) is 0 Å². The topological polar surface area (TPSA) is 15.3 Å². The summed E-state index contributed by atoms with van der Waals surface area (Å²) in [5.74, 6) is 2.51. The zero-order valence-electron chi connectivity index (χ0n) is 14.6. The van der Waals surface area contributed by atoms with Gasteiger partial charge in [0.2, 0.25) is 0 Å². The Hall–Kier alpha value is -0.0800. The quantitative estimate of drug-likeness (QED) is 0.793. The summed E-state index contributed by atoms with van der Waals surface area (Å²) in [6, 6.07) is 1.43. The molecule has 2 aliphatic rings. The first-order valence-corrected chi connectivity index (χ1v) is 8.88. The molecule has 2 rings (SSSR count). The average Bonchev–Trinajstić information content (AvgIpc) is 3.22. The molecule has 0 aromatic carbocycles. The fourth-order valence-electron chi connectivity index (χ4n) is 3.99. The van der Waals surface area contributed by atoms with Crippen molar-refractivity contribution in [3.05, 3.63) is 0 Å². The number of nitrogens with one attached hydrogen (secondary N) is 1. The Labute approximate surface area is 126 Å². The Balaban J connectivity index is 2.06. The van der Waals surface area contributed by atoms with Gasteiger partial charge in [-0.1, -0.05) is 34.1 Å². The molecule has 0 amide bonds. The maximum atomic E-state index is 3.90. The zero-order chi connectivity index (χ0) is 14.9. The van der Waals surface area contributed by atoms with E-state index in [-0.39, 0.29) is 0 Å². The third-order valence-electron chi connectivity index (χ3n) is 5.91. The van der Waals surface area contributed by atoms with Gasteiger partial charge in [-0.15, -0.1) is 0 Å². The first-order valence-electron chi connectivity index (χ1n) is 8.88. The van der Waals surface area contributed by atoms with Crippen LogP contribution in [0.1, 0.15) is 67.2 Å². The number of hydrogen-bond acceptors (Lipinski definition) is 2. The molecule has 1 N–H and O–H groups in total. The largest absolute Gasteiger partial charge is 0.308 e. The standard InChI is InChI=1S/C18H36N2/c1-7-14(4)10-15(5)20-12-18(6,16-8-9-16)19-11-17(20)13(2)3/h13-17,19H,7-12H2,1-6H3. The van der Waals surface area contributed by atoms with Crippen LogP contribution in [0.2, 0.25) is 0 Å². The van der Waals surface area contributed by atoms with Crippen LogP contribution in [-0.4, -0.2) is 35.6 Å². The highest BCUT2D eigenvalue weighted by Gasteiger charge is 2.47. The van der Waals surface area contributed by atoms with Crippen molar-refractivity contribution in [2.24, 2.45) is 17.8 Å². The van der Waals surface area contributed by atoms with E-state index in [0.717, 1.165) is 23.8 Å². The molecular formula is C18H36N2. The fourth-order valence-corrected chi connectivity index (χ4v) is 3.99. The van der Waals surface area contributed by atoms with Gasteiger partial charge >= 0.3 is 0 Å². The van der Waals surface area contributed by atoms with Crippen LogP contribution in [-0.2, 0) is 0 Å². The molecule has 1 aliphatic carbocycles. The van der Waals surface area contributed by atoms with Crippen LogP contribution < -0.4 is 5.32 Å². The molecule has 4 atom stereocenters. The minimum absolute atomic E-state index is 0.370. The maximum Gasteiger partial charge on any atom is 0.0309 e. The first-order chi connectivity index (χ1) is 9.37. The lowest BCUT2D eigenvalue weighted by Gasteiger charge is -2.51. The van der Waals surface area contributed by atoms with Crippen LogP contribution in [0.15, 0.2) is 0 Å². The van der Waals surface area contributed by atoms with E-state index in [1.807, 2.05) is 0 Å². The molecule has 2 nitrogen and oxygen atoms in total. The van der Waals surface area contributed by atoms with Crippen molar-refractivity contribution < 1.29 is 0 Å². The summed E-state index contributed by atoms with van der Waals surface area (Å²) < 4.78 is 0. The number of piperazine rings is 1. The summed E-state index contributed by atoms with van der Waals surface area (Å²) in [5.41, 5.74) is 0.370. The van der Waals surface area contributed by atoms with Gasteiger partial charge in [-0.3, -0.25) is 4.90 Å². The van der Waals surface area contributed by atoms with Gasteiger partial charge in [0.05, 0.1) is 0 Å². The van der Waals surface area contributed by atoms with Crippen LogP contribution in [0.25, 0.3) is 0 Å². The van der Waals surface area contributed by atoms with E-state index in [2.05, 4.69) is 51.8 Å². The predicted molar refractivity (Wildman–Crippen MR) is 88.0 cm³/mol. The summed E-state index contributed by atoms with van der Waals surface area (Å²) in [4.78, 5) is 2.84. The Kier molecular flexibility index (Phi) is 5.18. The lowest BCUT2D eigenvalue weighted by molar-refractivity contribution is 0.0166. The molecule has 0 radical (unpaired) electrons. The number of nitrogens with zero attached hydrogens (tertiary/aromatic N) is 1. The molecule has 1 saturated carbocycles. The van der Waals surface area contributed by atoms with Gasteiger partial charge in [0.15, 0.2) is 0 Å². The van der Waals surface area contributed by atoms with Crippen LogP contribution in [0.4, 0.5) is 0 Å². The maximum absolute atomic E-state index is 3.90. The normalized spacial score (nSPS) is 35.2. The summed E-state index contributed by atoms with van der Waals surface area (Å²) in [5, 5.41) is 3.90. The van der Waals surface area contributed by atoms with Crippen molar-refractivity contribution in [2.45, 2.75) is 84.8 Å². The minimum atomic E-state index is 0.370. The van der Waals surface area contributed by atoms with Gasteiger partial charge in [-0.05, 0) is 50.9 Å². The average molecular weight is 280 g/mol. The van der Waals surface area contributed by atoms with Crippen molar-refractivity contribution in [2.75, 3.05) is 13.1 Å². The monoisotopic (exact) mass is 280 g/mol. The Bertz CT molecular complexity index is 311. The molecule has 0 bridgehead atoms. The van der Waals surface area contributed by atoms with Gasteiger partial charge < -0.3 is 5.32 Å². The smallest absolute Gasteiger partial charge is 0.0309 e. The molecular weight excluding hydrogens is 244 g/mol. The van der Waals surface area contributed by atoms with E-state index in [9.17, 15) is 0 Å². The minimum Gasteiger partial charge on any atom is -0.308 e. The second-order valence-electron chi connectivity index (χ2n) is 8.15. The molecule has 0 spiro atoms. The van der Waals surface area contributed by atoms with Crippen molar-refractivity contribution in [1.29, 1.82) is 0 Å². The zero-order valence-corrected chi connectivity index (χ0v) is 14.6. The SMILES string of the molecule is CCC(C)CC(C)N1CC(C)(C2CC2)NCC1C(C)C. The molecule has 2 fully saturated rings. The molecule has 4 unspecified atom stereocenters. The van der Waals surface area contributed by atoms with Crippen molar-refractivity contribution in [3.8, 4) is 0 Å². The Morgan fingerprint density at radius 1 is 1.20 bits per heavy atom. The molecule has 1 saturated heterocycles. The number of hydrogen-bond donors (Lipinski definition) is 1. The number of rotatable bonds is 6. The molecule has 2 heteroatoms. The lowest BCUT2D eigenvalue weighted by atomic mass is 9.86. The second-order valence-corrected chi connectivity index (χ2v) is 8.15. The van der Waals surface area contributed by atoms with Crippen LogP contribution in [0, 0.1) is 17.8 Å². The van der Waals surface area contributed by atoms with Gasteiger partial charge in [0.25, 0.3) is 0 Å². The van der Waals surface area contributed by atoms with Crippen LogP contribution in [0.3, 0.4) is 0 Å². The third kappa shape index (κ3) is 3.57. The van der Waals surface area contributed by atoms with E-state index in [1.165, 1.54) is 38.8 Å². The van der Waals surface area contributed by atoms with Crippen molar-refractivity contribution in [1.82, 2.24) is 10.2 Å². The van der Waals surface area contributed by atoms with E-state index >= 15 is 0 Å². The van der Waals surface area contributed by atoms with E-state index < -0.39 is 0 Å². The second kappa shape index (κ2) is 6.36. The highest BCUT2D eigenvalue weighted by Crippen LogP contribution is 2.42. The molecule has 1 heterocycles. The van der Waals surface area contributed by atoms with Crippen molar-refractivity contribution in [3.63, 3.8) is 0 Å². The summed E-state index contributed by atoms with van der Waals surface area (Å²) in [6.45, 7) is 16.8. The fraction of sp³-hybridized carbons (Fsp3) is 1.00. The van der Waals surface area contributed by atoms with E-state index in [0.29, 0.717) is 11.6 Å². The molecule has 118 valence electrons. The van der Waals surface area contributed by atoms with Crippen LogP contribution >= 0.6 is 0 Å². The first kappa shape index (κ1) is 16.3. The Morgan fingerprint density at radius 2 is 1.85 bits per heavy atom. The lowest BCUT2D eigenvalue weighted by Crippen LogP contribution is -2.66. The summed E-state index contributed by atoms with van der Waals surface area (Å²) in [6.07, 6.45) is 5.52. The van der Waals surface area contributed by atoms with Gasteiger partial charge in [0, 0.05) is 30.7 Å². The molecule has 0 aromatic heterocycles. The van der Waals surface area contributed by atoms with E-state index in [4.69, 9.17) is 0 Å². The van der Waals surface area contributed by atoms with Gasteiger partial charge in [0.1, 0.15) is 0 Å². The third-order valence-corrected chi connectivity index (χ3v) is 5.91. The van der Waals surface area contributed by atoms with Crippen molar-refractivity contribution >= 4 is 0 Å². The molecule has 1 aliphatic heterocycles. The summed E-state index contributed by atoms with van der Waals surface area (Å²) >= 11 is 0. The summed E-state index contributed by atoms with van der Waals surface area (Å²) in [7, 11) is 0. The molecule has 0 aromatic rings. The molecule has 20 heavy (non-hydrogen) atoms. The highest BCUT2D eigenvalue weighted by atomic mass is 15.3. The highest BCUT2D eigenvalue weighted by molar-refractivity contribution is 5.05. The van der Waals surface area contributed by atoms with E-state index in [1.54, 1.807) is 0 Å².